The average molecular weight is 322 g/mol. The highest BCUT2D eigenvalue weighted by molar-refractivity contribution is 5.73. The number of aliphatic hydroxyl groups is 2. The van der Waals surface area contributed by atoms with E-state index in [2.05, 4.69) is 15.3 Å². The summed E-state index contributed by atoms with van der Waals surface area (Å²) in [5.41, 5.74) is 8.61. The number of rotatable bonds is 5. The Morgan fingerprint density at radius 1 is 1.48 bits per heavy atom. The van der Waals surface area contributed by atoms with Crippen LogP contribution in [-0.2, 0) is 9.53 Å². The van der Waals surface area contributed by atoms with E-state index in [1.807, 2.05) is 6.07 Å². The molecule has 1 aliphatic rings. The van der Waals surface area contributed by atoms with Gasteiger partial charge in [0, 0.05) is 11.8 Å². The van der Waals surface area contributed by atoms with Crippen molar-refractivity contribution >= 4 is 5.91 Å². The van der Waals surface area contributed by atoms with Crippen LogP contribution in [0.15, 0.2) is 35.4 Å². The molecule has 3 N–H and O–H groups in total. The number of nitrogens with one attached hydrogen (secondary N) is 1. The Bertz CT molecular complexity index is 578. The van der Waals surface area contributed by atoms with Gasteiger partial charge >= 0.3 is 0 Å². The Morgan fingerprint density at radius 2 is 2.17 bits per heavy atom. The predicted molar refractivity (Wildman–Crippen MR) is 79.4 cm³/mol. The van der Waals surface area contributed by atoms with E-state index < -0.39 is 43.1 Å². The van der Waals surface area contributed by atoms with Crippen molar-refractivity contribution in [1.29, 1.82) is 0 Å². The van der Waals surface area contributed by atoms with Gasteiger partial charge in [-0.3, -0.25) is 4.79 Å². The van der Waals surface area contributed by atoms with E-state index in [9.17, 15) is 15.0 Å². The number of carbonyl (C=O) groups excluding carboxylic acids is 1. The number of azide groups is 1. The molecule has 0 radical (unpaired) electrons. The number of hydrogen-bond acceptors (Lipinski definition) is 6. The minimum absolute atomic E-state index is 0.401. The fourth-order valence-electron chi connectivity index (χ4n) is 2.41. The van der Waals surface area contributed by atoms with Gasteiger partial charge in [-0.15, -0.1) is 0 Å². The maximum Gasteiger partial charge on any atom is 0.223 e. The number of benzene rings is 1. The van der Waals surface area contributed by atoms with Crippen molar-refractivity contribution in [2.75, 3.05) is 6.61 Å². The highest BCUT2D eigenvalue weighted by Crippen LogP contribution is 2.26. The zero-order valence-corrected chi connectivity index (χ0v) is 12.4. The molecule has 124 valence electrons. The summed E-state index contributed by atoms with van der Waals surface area (Å²) in [5.74, 6) is 0.0698. The Hall–Kier alpha value is -2.32. The van der Waals surface area contributed by atoms with Crippen molar-refractivity contribution < 1.29 is 24.5 Å². The predicted octanol–water partition coefficient (Wildman–Crippen LogP) is 0.327. The smallest absolute Gasteiger partial charge is 0.223 e. The largest absolute Gasteiger partial charge is 0.463 e. The van der Waals surface area contributed by atoms with Crippen LogP contribution in [0.4, 0.5) is 0 Å². The quantitative estimate of drug-likeness (QED) is 0.407. The van der Waals surface area contributed by atoms with Crippen LogP contribution in [-0.4, -0.2) is 53.3 Å². The third-order valence-electron chi connectivity index (χ3n) is 3.43. The summed E-state index contributed by atoms with van der Waals surface area (Å²) in [5, 5.41) is 25.8. The fourth-order valence-corrected chi connectivity index (χ4v) is 2.41. The minimum atomic E-state index is -1.27. The van der Waals surface area contributed by atoms with Crippen molar-refractivity contribution in [3.8, 4) is 5.75 Å². The van der Waals surface area contributed by atoms with E-state index in [1.54, 1.807) is 24.3 Å². The second kappa shape index (κ2) is 7.80. The van der Waals surface area contributed by atoms with Gasteiger partial charge in [0.05, 0.1) is 24.9 Å². The summed E-state index contributed by atoms with van der Waals surface area (Å²) < 4.78 is 11.2. The normalized spacial score (nSPS) is 30.1. The molecular formula is C14H18N4O5. The van der Waals surface area contributed by atoms with E-state index in [0.29, 0.717) is 5.75 Å². The summed E-state index contributed by atoms with van der Waals surface area (Å²) in [6.07, 6.45) is -3.26. The fraction of sp³-hybridized carbons (Fsp3) is 0.500. The third kappa shape index (κ3) is 4.11. The lowest BCUT2D eigenvalue weighted by molar-refractivity contribution is -0.210. The molecule has 1 heterocycles. The molecule has 0 saturated carbocycles. The Morgan fingerprint density at radius 3 is 2.74 bits per heavy atom. The molecule has 0 unspecified atom stereocenters. The first-order valence-corrected chi connectivity index (χ1v) is 7.04. The first-order valence-electron chi connectivity index (χ1n) is 7.04. The van der Waals surface area contributed by atoms with Gasteiger partial charge in [0.1, 0.15) is 11.8 Å². The monoisotopic (exact) mass is 322 g/mol. The molecule has 1 aliphatic heterocycles. The summed E-state index contributed by atoms with van der Waals surface area (Å²) in [6.45, 7) is 0.815. The van der Waals surface area contributed by atoms with Crippen LogP contribution >= 0.6 is 0 Å². The lowest BCUT2D eigenvalue weighted by atomic mass is 9.95. The van der Waals surface area contributed by atoms with Crippen molar-refractivity contribution in [2.24, 2.45) is 5.11 Å². The van der Waals surface area contributed by atoms with Crippen molar-refractivity contribution in [2.45, 2.75) is 37.5 Å². The molecule has 1 aromatic rings. The Kier molecular flexibility index (Phi) is 5.78. The molecular weight excluding hydrogens is 304 g/mol. The van der Waals surface area contributed by atoms with Crippen LogP contribution in [0, 0.1) is 0 Å². The summed E-state index contributed by atoms with van der Waals surface area (Å²) in [6, 6.07) is 6.71. The summed E-state index contributed by atoms with van der Waals surface area (Å²) in [4.78, 5) is 14.0. The molecule has 9 heteroatoms. The first kappa shape index (κ1) is 17.0. The van der Waals surface area contributed by atoms with Crippen LogP contribution < -0.4 is 10.1 Å². The van der Waals surface area contributed by atoms with Gasteiger partial charge in [-0.25, -0.2) is 0 Å². The third-order valence-corrected chi connectivity index (χ3v) is 3.43. The summed E-state index contributed by atoms with van der Waals surface area (Å²) >= 11 is 0. The SMILES string of the molecule is CC(=O)N[C@H]1[C@H](Oc2ccccc2)O[C@H](CO)[C@H](N=[N+]=[N-])[C@@H]1O. The number of para-hydroxylation sites is 1. The molecule has 1 fully saturated rings. The van der Waals surface area contributed by atoms with Gasteiger partial charge in [0.15, 0.2) is 0 Å². The molecule has 0 spiro atoms. The van der Waals surface area contributed by atoms with Crippen molar-refractivity contribution in [3.05, 3.63) is 40.8 Å². The second-order valence-electron chi connectivity index (χ2n) is 5.07. The van der Waals surface area contributed by atoms with Crippen molar-refractivity contribution in [3.63, 3.8) is 0 Å². The van der Waals surface area contributed by atoms with Gasteiger partial charge in [-0.05, 0) is 17.7 Å². The lowest BCUT2D eigenvalue weighted by Gasteiger charge is -2.42. The number of hydrogen-bond donors (Lipinski definition) is 3. The second-order valence-corrected chi connectivity index (χ2v) is 5.07. The van der Waals surface area contributed by atoms with Gasteiger partial charge in [0.25, 0.3) is 0 Å². The first-order chi connectivity index (χ1) is 11.1. The zero-order valence-electron chi connectivity index (χ0n) is 12.4. The van der Waals surface area contributed by atoms with E-state index in [1.165, 1.54) is 6.92 Å². The van der Waals surface area contributed by atoms with Crippen molar-refractivity contribution in [1.82, 2.24) is 5.32 Å². The Labute approximate surface area is 132 Å². The van der Waals surface area contributed by atoms with Gasteiger partial charge in [-0.1, -0.05) is 23.3 Å². The van der Waals surface area contributed by atoms with E-state index in [-0.39, 0.29) is 0 Å². The van der Waals surface area contributed by atoms with Crippen LogP contribution in [0.2, 0.25) is 0 Å². The average Bonchev–Trinajstić information content (AvgIpc) is 2.54. The Balaban J connectivity index is 2.26. The van der Waals surface area contributed by atoms with E-state index in [0.717, 1.165) is 0 Å². The van der Waals surface area contributed by atoms with E-state index in [4.69, 9.17) is 15.0 Å². The molecule has 0 aromatic heterocycles. The number of nitrogens with zero attached hydrogens (tertiary/aromatic N) is 3. The zero-order chi connectivity index (χ0) is 16.8. The molecule has 9 nitrogen and oxygen atoms in total. The molecule has 0 aliphatic carbocycles. The van der Waals surface area contributed by atoms with Crippen LogP contribution in [0.3, 0.4) is 0 Å². The number of aliphatic hydroxyl groups excluding tert-OH is 2. The maximum atomic E-state index is 11.4. The number of amides is 1. The minimum Gasteiger partial charge on any atom is -0.463 e. The summed E-state index contributed by atoms with van der Waals surface area (Å²) in [7, 11) is 0. The molecule has 5 atom stereocenters. The molecule has 1 amide bonds. The maximum absolute atomic E-state index is 11.4. The molecule has 2 rings (SSSR count). The topological polar surface area (TPSA) is 137 Å². The molecule has 23 heavy (non-hydrogen) atoms. The van der Waals surface area contributed by atoms with Crippen LogP contribution in [0.1, 0.15) is 6.92 Å². The van der Waals surface area contributed by atoms with E-state index >= 15 is 0 Å². The number of ether oxygens (including phenoxy) is 2. The number of carbonyl (C=O) groups is 1. The molecule has 0 bridgehead atoms. The highest BCUT2D eigenvalue weighted by atomic mass is 16.7. The van der Waals surface area contributed by atoms with Crippen LogP contribution in [0.25, 0.3) is 10.4 Å². The highest BCUT2D eigenvalue weighted by Gasteiger charge is 2.46. The lowest BCUT2D eigenvalue weighted by Crippen LogP contribution is -2.64. The molecule has 1 saturated heterocycles. The standard InChI is InChI=1S/C14H18N4O5/c1-8(20)16-12-13(21)11(17-18-15)10(7-19)23-14(12)22-9-5-3-2-4-6-9/h2-6,10-14,19,21H,7H2,1H3,(H,16,20)/t10-,11+,12-,13+,14-/m1/s1. The van der Waals surface area contributed by atoms with Gasteiger partial charge < -0.3 is 25.0 Å². The van der Waals surface area contributed by atoms with Crippen LogP contribution in [0.5, 0.6) is 5.75 Å². The molecule has 1 aromatic carbocycles. The van der Waals surface area contributed by atoms with Gasteiger partial charge in [0.2, 0.25) is 12.2 Å². The van der Waals surface area contributed by atoms with Gasteiger partial charge in [-0.2, -0.15) is 0 Å².